The molecule has 5 aliphatic rings. The van der Waals surface area contributed by atoms with Crippen LogP contribution in [0.2, 0.25) is 0 Å². The minimum Gasteiger partial charge on any atom is -0.444 e. The van der Waals surface area contributed by atoms with E-state index in [1.165, 1.54) is 10.5 Å². The first-order valence-corrected chi connectivity index (χ1v) is 19.7. The molecular formula is C36H50N6O8S. The van der Waals surface area contributed by atoms with Crippen LogP contribution in [0, 0.1) is 5.92 Å². The average Bonchev–Trinajstić information content (AvgIpc) is 3.99. The smallest absolute Gasteiger partial charge is 0.408 e. The average molecular weight is 727 g/mol. The Morgan fingerprint density at radius 1 is 1.00 bits per heavy atom. The van der Waals surface area contributed by atoms with Crippen molar-refractivity contribution in [3.05, 3.63) is 47.5 Å². The number of carbonyl (C=O) groups is 5. The lowest BCUT2D eigenvalue weighted by molar-refractivity contribution is -0.141. The summed E-state index contributed by atoms with van der Waals surface area (Å²) < 4.78 is 33.2. The Morgan fingerprint density at radius 3 is 2.47 bits per heavy atom. The van der Waals surface area contributed by atoms with Crippen LogP contribution in [0.15, 0.2) is 36.4 Å². The van der Waals surface area contributed by atoms with Gasteiger partial charge in [0.2, 0.25) is 21.8 Å². The van der Waals surface area contributed by atoms with Crippen LogP contribution in [-0.2, 0) is 42.1 Å². The van der Waals surface area contributed by atoms with Crippen molar-refractivity contribution in [1.29, 1.82) is 0 Å². The van der Waals surface area contributed by atoms with E-state index < -0.39 is 74.3 Å². The molecule has 278 valence electrons. The number of sulfonamides is 1. The lowest BCUT2D eigenvalue weighted by Crippen LogP contribution is -2.58. The number of ether oxygens (including phenoxy) is 1. The Labute approximate surface area is 299 Å². The molecule has 2 saturated carbocycles. The molecular weight excluding hydrogens is 676 g/mol. The van der Waals surface area contributed by atoms with Crippen molar-refractivity contribution in [2.24, 2.45) is 5.92 Å². The van der Waals surface area contributed by atoms with Crippen molar-refractivity contribution < 1.29 is 37.1 Å². The van der Waals surface area contributed by atoms with Gasteiger partial charge in [-0.05, 0) is 83.3 Å². The maximum Gasteiger partial charge on any atom is 0.408 e. The summed E-state index contributed by atoms with van der Waals surface area (Å²) in [6.07, 6.45) is 8.14. The summed E-state index contributed by atoms with van der Waals surface area (Å²) >= 11 is 0. The number of hydrogen-bond acceptors (Lipinski definition) is 8. The monoisotopic (exact) mass is 726 g/mol. The molecule has 3 fully saturated rings. The SMILES string of the molecule is CC(C)(C)OC(=O)N[C@H]1CCCCC/C=C/[C@@H]2C[C@@]2(C(=O)NS(=O)(=O)C2CC2)NC(=O)[C@@H]2C[C@@H](NC(=O)N3CCc4ccccc4C3)CN2C1=O. The fraction of sp³-hybridized carbons (Fsp3) is 0.639. The second kappa shape index (κ2) is 14.5. The summed E-state index contributed by atoms with van der Waals surface area (Å²) in [5.74, 6) is -2.35. The largest absolute Gasteiger partial charge is 0.444 e. The van der Waals surface area contributed by atoms with Crippen LogP contribution in [-0.4, -0.2) is 95.7 Å². The predicted octanol–water partition coefficient (Wildman–Crippen LogP) is 2.62. The lowest BCUT2D eigenvalue weighted by atomic mass is 10.0. The summed E-state index contributed by atoms with van der Waals surface area (Å²) in [5.41, 5.74) is -0.0529. The van der Waals surface area contributed by atoms with Crippen LogP contribution >= 0.6 is 0 Å². The zero-order valence-corrected chi connectivity index (χ0v) is 30.4. The molecule has 6 rings (SSSR count). The van der Waals surface area contributed by atoms with Gasteiger partial charge in [-0.1, -0.05) is 49.3 Å². The molecule has 0 bridgehead atoms. The van der Waals surface area contributed by atoms with Gasteiger partial charge < -0.3 is 30.5 Å². The first-order valence-electron chi connectivity index (χ1n) is 18.1. The fourth-order valence-corrected chi connectivity index (χ4v) is 8.65. The normalized spacial score (nSPS) is 29.2. The van der Waals surface area contributed by atoms with Crippen LogP contribution in [0.25, 0.3) is 0 Å². The molecule has 2 aliphatic carbocycles. The lowest BCUT2D eigenvalue weighted by Gasteiger charge is -2.31. The molecule has 15 heteroatoms. The van der Waals surface area contributed by atoms with E-state index in [0.717, 1.165) is 18.4 Å². The Morgan fingerprint density at radius 2 is 1.75 bits per heavy atom. The summed E-state index contributed by atoms with van der Waals surface area (Å²) in [5, 5.41) is 7.97. The summed E-state index contributed by atoms with van der Waals surface area (Å²) in [7, 11) is -3.88. The highest BCUT2D eigenvalue weighted by Gasteiger charge is 2.62. The highest BCUT2D eigenvalue weighted by Crippen LogP contribution is 2.46. The minimum atomic E-state index is -3.88. The van der Waals surface area contributed by atoms with Crippen LogP contribution in [0.1, 0.15) is 89.7 Å². The maximum absolute atomic E-state index is 14.3. The molecule has 5 atom stereocenters. The molecule has 3 aliphatic heterocycles. The highest BCUT2D eigenvalue weighted by molar-refractivity contribution is 7.91. The number of urea groups is 1. The number of rotatable bonds is 5. The third kappa shape index (κ3) is 8.67. The Kier molecular flexibility index (Phi) is 10.4. The van der Waals surface area contributed by atoms with Crippen molar-refractivity contribution in [2.75, 3.05) is 13.1 Å². The zero-order chi connectivity index (χ0) is 36.6. The van der Waals surface area contributed by atoms with Gasteiger partial charge in [0.25, 0.3) is 5.91 Å². The Bertz CT molecular complexity index is 1690. The number of fused-ring (bicyclic) bond motifs is 3. The van der Waals surface area contributed by atoms with Crippen LogP contribution in [0.5, 0.6) is 0 Å². The third-order valence-electron chi connectivity index (χ3n) is 10.3. The quantitative estimate of drug-likeness (QED) is 0.334. The number of carbonyl (C=O) groups excluding carboxylic acids is 5. The molecule has 0 radical (unpaired) electrons. The van der Waals surface area contributed by atoms with Gasteiger partial charge in [0.05, 0.1) is 11.3 Å². The molecule has 0 aromatic heterocycles. The fourth-order valence-electron chi connectivity index (χ4n) is 7.29. The number of nitrogens with one attached hydrogen (secondary N) is 4. The Balaban J connectivity index is 1.25. The van der Waals surface area contributed by atoms with Crippen molar-refractivity contribution in [3.63, 3.8) is 0 Å². The van der Waals surface area contributed by atoms with E-state index in [9.17, 15) is 32.4 Å². The standard InChI is InChI=1S/C36H50N6O8S/c1-35(2,3)50-34(47)38-28-14-8-6-4-5-7-13-25-20-36(25,32(45)40-51(48,49)27-15-16-27)39-30(43)29-19-26(22-42(29)31(28)44)37-33(46)41-18-17-23-11-9-10-12-24(23)21-41/h7,9-13,25-29H,4-6,8,14-22H2,1-3H3,(H,37,46)(H,38,47)(H,39,43)(H,40,45)/b13-7+/t25-,26-,28+,29+,36-/m1/s1. The van der Waals surface area contributed by atoms with Gasteiger partial charge in [-0.3, -0.25) is 19.1 Å². The molecule has 1 aromatic carbocycles. The van der Waals surface area contributed by atoms with Crippen molar-refractivity contribution in [3.8, 4) is 0 Å². The van der Waals surface area contributed by atoms with E-state index in [-0.39, 0.29) is 25.4 Å². The van der Waals surface area contributed by atoms with E-state index in [2.05, 4.69) is 20.7 Å². The highest BCUT2D eigenvalue weighted by atomic mass is 32.2. The zero-order valence-electron chi connectivity index (χ0n) is 29.6. The van der Waals surface area contributed by atoms with Gasteiger partial charge in [0, 0.05) is 25.6 Å². The first-order chi connectivity index (χ1) is 24.1. The molecule has 1 saturated heterocycles. The van der Waals surface area contributed by atoms with E-state index >= 15 is 0 Å². The molecule has 51 heavy (non-hydrogen) atoms. The van der Waals surface area contributed by atoms with Crippen LogP contribution in [0.3, 0.4) is 0 Å². The van der Waals surface area contributed by atoms with Gasteiger partial charge in [0.1, 0.15) is 23.2 Å². The third-order valence-corrected chi connectivity index (χ3v) is 12.1. The molecule has 0 spiro atoms. The summed E-state index contributed by atoms with van der Waals surface area (Å²) in [4.78, 5) is 71.7. The van der Waals surface area contributed by atoms with Gasteiger partial charge in [0.15, 0.2) is 0 Å². The number of allylic oxidation sites excluding steroid dienone is 1. The molecule has 0 unspecified atom stereocenters. The topological polar surface area (TPSA) is 183 Å². The molecule has 1 aromatic rings. The number of nitrogens with zero attached hydrogens (tertiary/aromatic N) is 2. The van der Waals surface area contributed by atoms with Gasteiger partial charge in [-0.25, -0.2) is 18.0 Å². The summed E-state index contributed by atoms with van der Waals surface area (Å²) in [6.45, 7) is 6.11. The number of hydrogen-bond donors (Lipinski definition) is 4. The number of alkyl carbamates (subject to hydrolysis) is 1. The molecule has 4 N–H and O–H groups in total. The van der Waals surface area contributed by atoms with Gasteiger partial charge in [-0.2, -0.15) is 0 Å². The number of amides is 6. The molecule has 3 heterocycles. The number of benzene rings is 1. The van der Waals surface area contributed by atoms with Gasteiger partial charge >= 0.3 is 12.1 Å². The summed E-state index contributed by atoms with van der Waals surface area (Å²) in [6, 6.07) is 4.92. The van der Waals surface area contributed by atoms with Crippen molar-refractivity contribution >= 4 is 39.9 Å². The van der Waals surface area contributed by atoms with Crippen molar-refractivity contribution in [1.82, 2.24) is 30.5 Å². The van der Waals surface area contributed by atoms with Crippen LogP contribution < -0.4 is 20.7 Å². The van der Waals surface area contributed by atoms with E-state index in [1.807, 2.05) is 36.4 Å². The van der Waals surface area contributed by atoms with Crippen LogP contribution in [0.4, 0.5) is 9.59 Å². The second-order valence-electron chi connectivity index (χ2n) is 15.5. The molecule has 6 amide bonds. The minimum absolute atomic E-state index is 0.00181. The molecule has 14 nitrogen and oxygen atoms in total. The van der Waals surface area contributed by atoms with Gasteiger partial charge in [-0.15, -0.1) is 0 Å². The predicted molar refractivity (Wildman–Crippen MR) is 187 cm³/mol. The first kappa shape index (κ1) is 36.6. The van der Waals surface area contributed by atoms with E-state index in [0.29, 0.717) is 51.6 Å². The van der Waals surface area contributed by atoms with Crippen molar-refractivity contribution in [2.45, 2.75) is 126 Å². The second-order valence-corrected chi connectivity index (χ2v) is 17.5. The Hall–Kier alpha value is -4.14. The van der Waals surface area contributed by atoms with E-state index in [1.54, 1.807) is 25.7 Å². The van der Waals surface area contributed by atoms with E-state index in [4.69, 9.17) is 4.74 Å². The maximum atomic E-state index is 14.3.